The number of imidazole rings is 1. The van der Waals surface area contributed by atoms with E-state index in [0.717, 1.165) is 22.8 Å². The Morgan fingerprint density at radius 1 is 1.09 bits per heavy atom. The Balaban J connectivity index is 1.84. The van der Waals surface area contributed by atoms with E-state index in [9.17, 15) is 4.79 Å². The van der Waals surface area contributed by atoms with Crippen molar-refractivity contribution < 1.29 is 14.4 Å². The van der Waals surface area contributed by atoms with Crippen LogP contribution < -0.4 is 9.80 Å². The zero-order valence-electron chi connectivity index (χ0n) is 19.8. The highest BCUT2D eigenvalue weighted by Crippen LogP contribution is 2.32. The van der Waals surface area contributed by atoms with Crippen molar-refractivity contribution in [3.63, 3.8) is 0 Å². The van der Waals surface area contributed by atoms with Gasteiger partial charge in [0.25, 0.3) is 11.7 Å². The Hall–Kier alpha value is -3.95. The number of rotatable bonds is 5. The van der Waals surface area contributed by atoms with Crippen molar-refractivity contribution in [2.45, 2.75) is 47.0 Å². The molecule has 10 nitrogen and oxygen atoms in total. The molecule has 4 rings (SSSR count). The quantitative estimate of drug-likeness (QED) is 0.424. The number of aromatic nitrogens is 6. The normalized spacial score (nSPS) is 11.6. The lowest BCUT2D eigenvalue weighted by Crippen LogP contribution is -2.22. The minimum Gasteiger partial charge on any atom is -0.494 e. The van der Waals surface area contributed by atoms with Gasteiger partial charge in [0.05, 0.1) is 36.2 Å². The van der Waals surface area contributed by atoms with Crippen LogP contribution in [0.3, 0.4) is 0 Å². The van der Waals surface area contributed by atoms with Crippen LogP contribution in [-0.4, -0.2) is 42.2 Å². The molecule has 1 aromatic carbocycles. The van der Waals surface area contributed by atoms with Crippen molar-refractivity contribution in [2.24, 2.45) is 0 Å². The molecule has 172 valence electrons. The van der Waals surface area contributed by atoms with Gasteiger partial charge >= 0.3 is 5.97 Å². The topological polar surface area (TPSA) is 99.7 Å². The van der Waals surface area contributed by atoms with E-state index in [1.54, 1.807) is 30.1 Å². The van der Waals surface area contributed by atoms with Gasteiger partial charge < -0.3 is 14.1 Å². The lowest BCUT2D eigenvalue weighted by Gasteiger charge is -2.21. The Morgan fingerprint density at radius 2 is 1.85 bits per heavy atom. The van der Waals surface area contributed by atoms with E-state index in [0.29, 0.717) is 17.2 Å². The fourth-order valence-electron chi connectivity index (χ4n) is 3.49. The zero-order chi connectivity index (χ0) is 23.9. The van der Waals surface area contributed by atoms with Crippen molar-refractivity contribution in [1.29, 1.82) is 0 Å². The average molecular weight is 450 g/mol. The van der Waals surface area contributed by atoms with Crippen LogP contribution in [0.5, 0.6) is 5.75 Å². The van der Waals surface area contributed by atoms with Crippen LogP contribution >= 0.6 is 0 Å². The first kappa shape index (κ1) is 22.3. The summed E-state index contributed by atoms with van der Waals surface area (Å²) in [7, 11) is 1.58. The van der Waals surface area contributed by atoms with Crippen molar-refractivity contribution in [3.8, 4) is 11.4 Å². The second kappa shape index (κ2) is 8.19. The predicted octanol–water partition coefficient (Wildman–Crippen LogP) is 3.85. The number of aryl methyl sites for hydroxylation is 2. The highest BCUT2D eigenvalue weighted by atomic mass is 16.7. The molecule has 3 heterocycles. The molecule has 33 heavy (non-hydrogen) atoms. The summed E-state index contributed by atoms with van der Waals surface area (Å²) in [5.41, 5.74) is 3.76. The zero-order valence-corrected chi connectivity index (χ0v) is 19.8. The number of benzene rings is 1. The molecular formula is C23H27N7O3. The maximum atomic E-state index is 12.0. The van der Waals surface area contributed by atoms with Gasteiger partial charge in [0.1, 0.15) is 5.75 Å². The number of hydrogen-bond donors (Lipinski definition) is 0. The molecule has 0 aliphatic heterocycles. The minimum absolute atomic E-state index is 0.182. The largest absolute Gasteiger partial charge is 0.494 e. The first-order chi connectivity index (χ1) is 15.6. The van der Waals surface area contributed by atoms with Crippen molar-refractivity contribution in [1.82, 2.24) is 29.1 Å². The van der Waals surface area contributed by atoms with E-state index in [2.05, 4.69) is 40.8 Å². The smallest absolute Gasteiger partial charge is 0.330 e. The summed E-state index contributed by atoms with van der Waals surface area (Å²) in [6, 6.07) is 7.38. The number of carbonyl (C=O) groups excluding carboxylic acids is 1. The summed E-state index contributed by atoms with van der Waals surface area (Å²) in [6.07, 6.45) is 3.61. The fraction of sp³-hybridized carbons (Fsp3) is 0.348. The summed E-state index contributed by atoms with van der Waals surface area (Å²) >= 11 is 0. The molecule has 0 radical (unpaired) electrons. The van der Waals surface area contributed by atoms with E-state index >= 15 is 0 Å². The van der Waals surface area contributed by atoms with Crippen LogP contribution in [0.25, 0.3) is 11.5 Å². The number of carbonyl (C=O) groups is 1. The van der Waals surface area contributed by atoms with Crippen LogP contribution in [0.15, 0.2) is 36.8 Å². The molecule has 10 heteroatoms. The van der Waals surface area contributed by atoms with Gasteiger partial charge in [-0.15, -0.1) is 10.2 Å². The first-order valence-corrected chi connectivity index (χ1v) is 10.5. The van der Waals surface area contributed by atoms with E-state index in [1.165, 1.54) is 12.0 Å². The number of methoxy groups -OCH3 is 1. The van der Waals surface area contributed by atoms with Gasteiger partial charge in [0.2, 0.25) is 0 Å². The standard InChI is InChI=1S/C23H27N7O3/c1-14-10-20(23(4,5)6)29-21(25-14)26-22(27-29)30(33-16(3)31)17-8-9-18(19(11-17)32-7)28-12-15(2)24-13-28/h8-13H,1-7H3. The van der Waals surface area contributed by atoms with Crippen molar-refractivity contribution in [3.05, 3.63) is 53.9 Å². The highest BCUT2D eigenvalue weighted by molar-refractivity contribution is 5.71. The maximum Gasteiger partial charge on any atom is 0.330 e. The molecule has 0 spiro atoms. The molecule has 4 aromatic rings. The van der Waals surface area contributed by atoms with Crippen LogP contribution in [0.2, 0.25) is 0 Å². The number of fused-ring (bicyclic) bond motifs is 1. The monoisotopic (exact) mass is 449 g/mol. The van der Waals surface area contributed by atoms with Crippen LogP contribution in [0.4, 0.5) is 11.6 Å². The summed E-state index contributed by atoms with van der Waals surface area (Å²) in [6.45, 7) is 11.4. The van der Waals surface area contributed by atoms with E-state index in [1.807, 2.05) is 36.7 Å². The molecule has 3 aromatic heterocycles. The molecule has 0 N–H and O–H groups in total. The van der Waals surface area contributed by atoms with Gasteiger partial charge in [-0.25, -0.2) is 14.8 Å². The van der Waals surface area contributed by atoms with Gasteiger partial charge in [-0.05, 0) is 32.0 Å². The molecule has 0 saturated heterocycles. The van der Waals surface area contributed by atoms with Gasteiger partial charge in [0.15, 0.2) is 0 Å². The van der Waals surface area contributed by atoms with Crippen molar-refractivity contribution in [2.75, 3.05) is 12.2 Å². The molecule has 0 aliphatic carbocycles. The lowest BCUT2D eigenvalue weighted by molar-refractivity contribution is -0.141. The third-order valence-electron chi connectivity index (χ3n) is 4.99. The van der Waals surface area contributed by atoms with Crippen LogP contribution in [0.1, 0.15) is 44.8 Å². The molecule has 0 bridgehead atoms. The SMILES string of the molecule is COc1cc(N(OC(C)=O)c2nc3nc(C)cc(C(C)(C)C)n3n2)ccc1-n1cnc(C)c1. The molecular weight excluding hydrogens is 422 g/mol. The summed E-state index contributed by atoms with van der Waals surface area (Å²) in [5.74, 6) is 0.657. The Morgan fingerprint density at radius 3 is 2.45 bits per heavy atom. The lowest BCUT2D eigenvalue weighted by atomic mass is 9.91. The van der Waals surface area contributed by atoms with Gasteiger partial charge in [-0.2, -0.15) is 9.50 Å². The van der Waals surface area contributed by atoms with Gasteiger partial charge in [-0.3, -0.25) is 0 Å². The van der Waals surface area contributed by atoms with E-state index in [-0.39, 0.29) is 11.4 Å². The molecule has 0 saturated carbocycles. The summed E-state index contributed by atoms with van der Waals surface area (Å²) in [5, 5.41) is 5.91. The third kappa shape index (κ3) is 4.36. The number of hydrogen-bond acceptors (Lipinski definition) is 8. The van der Waals surface area contributed by atoms with Crippen LogP contribution in [-0.2, 0) is 15.0 Å². The molecule has 0 aliphatic rings. The number of ether oxygens (including phenoxy) is 1. The molecule has 0 fully saturated rings. The number of anilines is 2. The minimum atomic E-state index is -0.512. The van der Waals surface area contributed by atoms with Gasteiger partial charge in [0, 0.05) is 30.3 Å². The van der Waals surface area contributed by atoms with E-state index < -0.39 is 5.97 Å². The Labute approximate surface area is 191 Å². The highest BCUT2D eigenvalue weighted by Gasteiger charge is 2.25. The first-order valence-electron chi connectivity index (χ1n) is 10.5. The maximum absolute atomic E-state index is 12.0. The second-order valence-corrected chi connectivity index (χ2v) is 8.81. The summed E-state index contributed by atoms with van der Waals surface area (Å²) < 4.78 is 9.14. The molecule has 0 amide bonds. The number of nitrogens with zero attached hydrogens (tertiary/aromatic N) is 7. The fourth-order valence-corrected chi connectivity index (χ4v) is 3.49. The average Bonchev–Trinajstić information content (AvgIpc) is 3.36. The second-order valence-electron chi connectivity index (χ2n) is 8.81. The molecule has 0 unspecified atom stereocenters. The van der Waals surface area contributed by atoms with Crippen LogP contribution in [0, 0.1) is 13.8 Å². The predicted molar refractivity (Wildman–Crippen MR) is 123 cm³/mol. The molecule has 0 atom stereocenters. The van der Waals surface area contributed by atoms with E-state index in [4.69, 9.17) is 9.57 Å². The summed E-state index contributed by atoms with van der Waals surface area (Å²) in [4.78, 5) is 30.8. The Bertz CT molecular complexity index is 1330. The third-order valence-corrected chi connectivity index (χ3v) is 4.99. The Kier molecular flexibility index (Phi) is 5.52. The van der Waals surface area contributed by atoms with Gasteiger partial charge in [-0.1, -0.05) is 20.8 Å². The van der Waals surface area contributed by atoms with Crippen molar-refractivity contribution >= 4 is 23.4 Å².